The van der Waals surface area contributed by atoms with E-state index in [1.165, 1.54) is 6.26 Å². The second kappa shape index (κ2) is 7.31. The van der Waals surface area contributed by atoms with Crippen molar-refractivity contribution in [2.45, 2.75) is 12.3 Å². The lowest BCUT2D eigenvalue weighted by Gasteiger charge is -2.25. The molecule has 0 saturated carbocycles. The normalized spacial score (nSPS) is 15.4. The van der Waals surface area contributed by atoms with Crippen molar-refractivity contribution in [1.82, 2.24) is 4.98 Å². The second-order valence-corrected chi connectivity index (χ2v) is 8.07. The molecule has 6 nitrogen and oxygen atoms in total. The molecule has 160 valence electrons. The van der Waals surface area contributed by atoms with Crippen LogP contribution in [0.25, 0.3) is 33.0 Å². The predicted octanol–water partition coefficient (Wildman–Crippen LogP) is 4.74. The summed E-state index contributed by atoms with van der Waals surface area (Å²) in [5.41, 5.74) is 2.70. The number of hydrogen-bond donors (Lipinski definition) is 1. The average molecular weight is 435 g/mol. The summed E-state index contributed by atoms with van der Waals surface area (Å²) in [6, 6.07) is 21.7. The Balaban J connectivity index is 1.61. The molecule has 3 aromatic carbocycles. The van der Waals surface area contributed by atoms with Crippen LogP contribution in [0.3, 0.4) is 0 Å². The number of fused-ring (bicyclic) bond motifs is 4. The molecular weight excluding hydrogens is 418 g/mol. The molecule has 1 aliphatic rings. The minimum atomic E-state index is -0.607. The van der Waals surface area contributed by atoms with Crippen LogP contribution in [0.4, 0.5) is 0 Å². The Hall–Kier alpha value is -4.45. The van der Waals surface area contributed by atoms with E-state index in [9.17, 15) is 14.4 Å². The molecule has 0 fully saturated rings. The molecule has 0 radical (unpaired) electrons. The van der Waals surface area contributed by atoms with Crippen molar-refractivity contribution in [3.8, 4) is 16.9 Å². The number of carbonyl (C=O) groups excluding carboxylic acids is 1. The highest BCUT2D eigenvalue weighted by molar-refractivity contribution is 5.90. The number of hydrogen-bond acceptors (Lipinski definition) is 5. The monoisotopic (exact) mass is 435 g/mol. The molecule has 1 atom stereocenters. The molecule has 6 heteroatoms. The Bertz CT molecular complexity index is 1680. The van der Waals surface area contributed by atoms with Crippen LogP contribution in [0.1, 0.15) is 23.5 Å². The zero-order valence-corrected chi connectivity index (χ0v) is 17.3. The molecule has 0 saturated heterocycles. The number of H-pyrrole nitrogens is 1. The first kappa shape index (κ1) is 19.3. The van der Waals surface area contributed by atoms with Crippen LogP contribution in [-0.4, -0.2) is 11.0 Å². The number of pyridine rings is 1. The Morgan fingerprint density at radius 1 is 0.879 bits per heavy atom. The summed E-state index contributed by atoms with van der Waals surface area (Å²) >= 11 is 0. The van der Waals surface area contributed by atoms with Crippen LogP contribution >= 0.6 is 0 Å². The summed E-state index contributed by atoms with van der Waals surface area (Å²) in [6.07, 6.45) is 1.40. The molecule has 5 aromatic rings. The topological polar surface area (TPSA) is 89.4 Å². The molecule has 1 aliphatic heterocycles. The fraction of sp³-hybridized carbons (Fsp3) is 0.0741. The molecule has 0 bridgehead atoms. The van der Waals surface area contributed by atoms with E-state index in [-0.39, 0.29) is 17.4 Å². The summed E-state index contributed by atoms with van der Waals surface area (Å²) in [5, 5.41) is 1.22. The number of rotatable bonds is 2. The van der Waals surface area contributed by atoms with E-state index in [1.54, 1.807) is 18.2 Å². The zero-order chi connectivity index (χ0) is 22.5. The fourth-order valence-corrected chi connectivity index (χ4v) is 4.56. The highest BCUT2D eigenvalue weighted by Crippen LogP contribution is 2.42. The van der Waals surface area contributed by atoms with Gasteiger partial charge in [-0.2, -0.15) is 0 Å². The molecule has 0 amide bonds. The molecule has 6 rings (SSSR count). The standard InChI is InChI=1S/C27H17NO5/c29-23-13-18(19-12-16-8-4-5-9-21(16)28-27(19)31)24-22(33-23)11-10-17-25(30)20(14-32-26(17)24)15-6-2-1-3-7-15/h1-12,14,18H,13H2,(H,28,31). The number of esters is 1. The van der Waals surface area contributed by atoms with Crippen LogP contribution in [0.5, 0.6) is 5.75 Å². The molecule has 3 heterocycles. The van der Waals surface area contributed by atoms with Gasteiger partial charge in [-0.3, -0.25) is 14.4 Å². The number of nitrogens with one attached hydrogen (secondary N) is 1. The van der Waals surface area contributed by atoms with Gasteiger partial charge in [-0.1, -0.05) is 48.5 Å². The SMILES string of the molecule is O=C1CC(c2cc3ccccc3[nH]c2=O)c2c(ccc3c(=O)c(-c4ccccc4)coc23)O1. The Kier molecular flexibility index (Phi) is 4.26. The molecule has 33 heavy (non-hydrogen) atoms. The van der Waals surface area contributed by atoms with E-state index < -0.39 is 11.9 Å². The lowest BCUT2D eigenvalue weighted by Crippen LogP contribution is -2.26. The quantitative estimate of drug-likeness (QED) is 0.320. The van der Waals surface area contributed by atoms with Crippen LogP contribution in [0.2, 0.25) is 0 Å². The Morgan fingerprint density at radius 3 is 2.52 bits per heavy atom. The van der Waals surface area contributed by atoms with Gasteiger partial charge in [0.05, 0.1) is 17.4 Å². The number of aromatic amines is 1. The third-order valence-electron chi connectivity index (χ3n) is 6.13. The van der Waals surface area contributed by atoms with Crippen molar-refractivity contribution >= 4 is 27.8 Å². The maximum atomic E-state index is 13.3. The van der Waals surface area contributed by atoms with Crippen LogP contribution in [-0.2, 0) is 4.79 Å². The smallest absolute Gasteiger partial charge is 0.312 e. The molecule has 0 spiro atoms. The van der Waals surface area contributed by atoms with E-state index in [0.29, 0.717) is 38.9 Å². The summed E-state index contributed by atoms with van der Waals surface area (Å²) in [5.74, 6) is -0.751. The number of aromatic nitrogens is 1. The Morgan fingerprint density at radius 2 is 1.67 bits per heavy atom. The van der Waals surface area contributed by atoms with Crippen LogP contribution in [0, 0.1) is 0 Å². The highest BCUT2D eigenvalue weighted by Gasteiger charge is 2.33. The number of ether oxygens (including phenoxy) is 1. The average Bonchev–Trinajstić information content (AvgIpc) is 2.83. The lowest BCUT2D eigenvalue weighted by atomic mass is 9.85. The van der Waals surface area contributed by atoms with Gasteiger partial charge in [0.25, 0.3) is 5.56 Å². The first-order chi connectivity index (χ1) is 16.1. The van der Waals surface area contributed by atoms with Crippen LogP contribution < -0.4 is 15.7 Å². The lowest BCUT2D eigenvalue weighted by molar-refractivity contribution is -0.135. The van der Waals surface area contributed by atoms with Gasteiger partial charge < -0.3 is 14.1 Å². The van der Waals surface area contributed by atoms with Crippen molar-refractivity contribution < 1.29 is 13.9 Å². The largest absolute Gasteiger partial charge is 0.463 e. The van der Waals surface area contributed by atoms with Gasteiger partial charge in [0.1, 0.15) is 17.6 Å². The van der Waals surface area contributed by atoms with E-state index in [1.807, 2.05) is 54.6 Å². The van der Waals surface area contributed by atoms with Crippen molar-refractivity contribution in [1.29, 1.82) is 0 Å². The number of benzene rings is 3. The predicted molar refractivity (Wildman–Crippen MR) is 125 cm³/mol. The third-order valence-corrected chi connectivity index (χ3v) is 6.13. The Labute approximate surface area is 187 Å². The first-order valence-corrected chi connectivity index (χ1v) is 10.6. The van der Waals surface area contributed by atoms with Crippen molar-refractivity contribution in [2.75, 3.05) is 0 Å². The van der Waals surface area contributed by atoms with E-state index in [0.717, 1.165) is 10.9 Å². The van der Waals surface area contributed by atoms with E-state index in [4.69, 9.17) is 9.15 Å². The molecule has 1 unspecified atom stereocenters. The van der Waals surface area contributed by atoms with Gasteiger partial charge in [0.2, 0.25) is 5.43 Å². The third kappa shape index (κ3) is 3.07. The van der Waals surface area contributed by atoms with Gasteiger partial charge in [0.15, 0.2) is 0 Å². The molecule has 2 aromatic heterocycles. The van der Waals surface area contributed by atoms with Gasteiger partial charge in [-0.05, 0) is 35.2 Å². The molecule has 1 N–H and O–H groups in total. The summed E-state index contributed by atoms with van der Waals surface area (Å²) < 4.78 is 11.4. The van der Waals surface area contributed by atoms with Gasteiger partial charge in [0, 0.05) is 22.6 Å². The van der Waals surface area contributed by atoms with Crippen molar-refractivity contribution in [3.63, 3.8) is 0 Å². The minimum absolute atomic E-state index is 0.0301. The van der Waals surface area contributed by atoms with Crippen molar-refractivity contribution in [3.05, 3.63) is 111 Å². The first-order valence-electron chi connectivity index (χ1n) is 10.6. The fourth-order valence-electron chi connectivity index (χ4n) is 4.56. The minimum Gasteiger partial charge on any atom is -0.463 e. The highest BCUT2D eigenvalue weighted by atomic mass is 16.5. The number of para-hydroxylation sites is 1. The maximum absolute atomic E-state index is 13.3. The van der Waals surface area contributed by atoms with E-state index >= 15 is 0 Å². The summed E-state index contributed by atoms with van der Waals surface area (Å²) in [6.45, 7) is 0. The number of carbonyl (C=O) groups is 1. The van der Waals surface area contributed by atoms with Gasteiger partial charge in [-0.15, -0.1) is 0 Å². The molecular formula is C27H17NO5. The maximum Gasteiger partial charge on any atom is 0.312 e. The van der Waals surface area contributed by atoms with Gasteiger partial charge >= 0.3 is 5.97 Å². The summed E-state index contributed by atoms with van der Waals surface area (Å²) in [7, 11) is 0. The second-order valence-electron chi connectivity index (χ2n) is 8.07. The molecule has 0 aliphatic carbocycles. The zero-order valence-electron chi connectivity index (χ0n) is 17.3. The van der Waals surface area contributed by atoms with Crippen LogP contribution in [0.15, 0.2) is 93.1 Å². The van der Waals surface area contributed by atoms with Gasteiger partial charge in [-0.25, -0.2) is 0 Å². The summed E-state index contributed by atoms with van der Waals surface area (Å²) in [4.78, 5) is 41.6. The van der Waals surface area contributed by atoms with Crippen molar-refractivity contribution in [2.24, 2.45) is 0 Å². The van der Waals surface area contributed by atoms with E-state index in [2.05, 4.69) is 4.98 Å².